The van der Waals surface area contributed by atoms with Crippen molar-refractivity contribution in [1.82, 2.24) is 0 Å². The maximum atomic E-state index is 11.7. The molecule has 0 saturated heterocycles. The van der Waals surface area contributed by atoms with E-state index in [1.807, 2.05) is 0 Å². The highest BCUT2D eigenvalue weighted by molar-refractivity contribution is 5.90. The highest BCUT2D eigenvalue weighted by Gasteiger charge is 2.44. The molecule has 1 nitrogen and oxygen atoms in total. The molecule has 2 unspecified atom stereocenters. The van der Waals surface area contributed by atoms with Crippen molar-refractivity contribution in [2.75, 3.05) is 0 Å². The van der Waals surface area contributed by atoms with E-state index in [9.17, 15) is 4.79 Å². The molecule has 0 aliphatic heterocycles. The molecule has 0 N–H and O–H groups in total. The maximum absolute atomic E-state index is 11.7. The monoisotopic (exact) mass is 150 g/mol. The number of carbonyl (C=O) groups excluding carboxylic acids is 1. The van der Waals surface area contributed by atoms with Crippen LogP contribution in [0.5, 0.6) is 0 Å². The van der Waals surface area contributed by atoms with Gasteiger partial charge in [-0.15, -0.1) is 0 Å². The predicted octanol–water partition coefficient (Wildman–Crippen LogP) is 2.18. The first-order chi connectivity index (χ1) is 5.13. The Labute approximate surface area is 67.5 Å². The van der Waals surface area contributed by atoms with E-state index in [1.165, 1.54) is 6.42 Å². The molecule has 1 heteroatoms. The molecule has 1 saturated carbocycles. The van der Waals surface area contributed by atoms with Crippen LogP contribution in [-0.4, -0.2) is 5.78 Å². The normalized spacial score (nSPS) is 48.4. The van der Waals surface area contributed by atoms with Crippen LogP contribution in [0.1, 0.15) is 26.7 Å². The molecule has 0 heterocycles. The molecule has 0 aromatic heterocycles. The van der Waals surface area contributed by atoms with Crippen LogP contribution in [0.3, 0.4) is 0 Å². The van der Waals surface area contributed by atoms with Crippen LogP contribution in [-0.2, 0) is 4.79 Å². The van der Waals surface area contributed by atoms with E-state index in [1.54, 1.807) is 0 Å². The first-order valence-electron chi connectivity index (χ1n) is 4.37. The van der Waals surface area contributed by atoms with E-state index in [0.29, 0.717) is 11.7 Å². The molecule has 60 valence electrons. The van der Waals surface area contributed by atoms with Gasteiger partial charge in [-0.25, -0.2) is 0 Å². The number of rotatable bonds is 0. The Balaban J connectivity index is 2.43. The van der Waals surface area contributed by atoms with Crippen LogP contribution in [0.4, 0.5) is 0 Å². The van der Waals surface area contributed by atoms with Crippen molar-refractivity contribution in [2.45, 2.75) is 26.7 Å². The largest absolute Gasteiger partial charge is 0.298 e. The van der Waals surface area contributed by atoms with Crippen molar-refractivity contribution in [1.29, 1.82) is 0 Å². The van der Waals surface area contributed by atoms with Crippen molar-refractivity contribution >= 4 is 5.78 Å². The Hall–Kier alpha value is -0.590. The lowest BCUT2D eigenvalue weighted by Crippen LogP contribution is -2.42. The first-order valence-corrected chi connectivity index (χ1v) is 4.37. The standard InChI is InChI=1S/C10H14O/c1-7-8-3-5-10(2,6-4-8)9(7)11/h3,5,7-8H,4,6H2,1-2H3/t7?,8?,10-/m0/s1. The number of ketones is 1. The number of Topliss-reactive ketones (excluding diaryl/α,β-unsaturated/α-hetero) is 1. The van der Waals surface area contributed by atoms with Crippen molar-refractivity contribution in [2.24, 2.45) is 17.3 Å². The second-order valence-electron chi connectivity index (χ2n) is 4.13. The molecular formula is C10H14O. The lowest BCUT2D eigenvalue weighted by molar-refractivity contribution is -0.134. The van der Waals surface area contributed by atoms with Gasteiger partial charge in [0.25, 0.3) is 0 Å². The number of hydrogen-bond donors (Lipinski definition) is 0. The van der Waals surface area contributed by atoms with Gasteiger partial charge in [-0.1, -0.05) is 19.1 Å². The minimum absolute atomic E-state index is 0.103. The Bertz CT molecular complexity index is 229. The second-order valence-corrected chi connectivity index (χ2v) is 4.13. The molecule has 0 spiro atoms. The van der Waals surface area contributed by atoms with Gasteiger partial charge in [-0.2, -0.15) is 0 Å². The molecule has 3 aliphatic rings. The third kappa shape index (κ3) is 0.800. The van der Waals surface area contributed by atoms with Crippen LogP contribution in [0.15, 0.2) is 12.2 Å². The summed E-state index contributed by atoms with van der Waals surface area (Å²) in [6.07, 6.45) is 6.62. The summed E-state index contributed by atoms with van der Waals surface area (Å²) in [5.41, 5.74) is -0.103. The quantitative estimate of drug-likeness (QED) is 0.484. The van der Waals surface area contributed by atoms with Crippen LogP contribution in [0.25, 0.3) is 0 Å². The summed E-state index contributed by atoms with van der Waals surface area (Å²) in [5.74, 6) is 1.28. The van der Waals surface area contributed by atoms with Gasteiger partial charge in [0.1, 0.15) is 5.78 Å². The molecule has 3 rings (SSSR count). The van der Waals surface area contributed by atoms with Gasteiger partial charge in [0.15, 0.2) is 0 Å². The third-order valence-electron chi connectivity index (χ3n) is 3.33. The van der Waals surface area contributed by atoms with Crippen LogP contribution < -0.4 is 0 Å². The fraction of sp³-hybridized carbons (Fsp3) is 0.700. The van der Waals surface area contributed by atoms with Gasteiger partial charge in [-0.3, -0.25) is 4.79 Å². The molecule has 3 atom stereocenters. The lowest BCUT2D eigenvalue weighted by atomic mass is 9.61. The number of fused-ring (bicyclic) bond motifs is 2. The molecule has 3 aliphatic carbocycles. The fourth-order valence-corrected chi connectivity index (χ4v) is 2.32. The van der Waals surface area contributed by atoms with Gasteiger partial charge in [-0.05, 0) is 25.7 Å². The molecule has 1 fully saturated rings. The zero-order valence-electron chi connectivity index (χ0n) is 7.13. The van der Waals surface area contributed by atoms with Crippen LogP contribution in [0.2, 0.25) is 0 Å². The van der Waals surface area contributed by atoms with Gasteiger partial charge >= 0.3 is 0 Å². The zero-order valence-corrected chi connectivity index (χ0v) is 7.13. The molecule has 0 amide bonds. The Morgan fingerprint density at radius 2 is 2.36 bits per heavy atom. The summed E-state index contributed by atoms with van der Waals surface area (Å²) in [7, 11) is 0. The van der Waals surface area contributed by atoms with Crippen molar-refractivity contribution in [3.63, 3.8) is 0 Å². The first kappa shape index (κ1) is 7.08. The molecule has 0 radical (unpaired) electrons. The van der Waals surface area contributed by atoms with Crippen molar-refractivity contribution < 1.29 is 4.79 Å². The van der Waals surface area contributed by atoms with Crippen LogP contribution >= 0.6 is 0 Å². The van der Waals surface area contributed by atoms with Gasteiger partial charge in [0, 0.05) is 11.3 Å². The summed E-state index contributed by atoms with van der Waals surface area (Å²) in [6.45, 7) is 4.13. The smallest absolute Gasteiger partial charge is 0.145 e. The minimum Gasteiger partial charge on any atom is -0.298 e. The average molecular weight is 150 g/mol. The topological polar surface area (TPSA) is 17.1 Å². The third-order valence-corrected chi connectivity index (χ3v) is 3.33. The van der Waals surface area contributed by atoms with E-state index in [4.69, 9.17) is 0 Å². The molecular weight excluding hydrogens is 136 g/mol. The van der Waals surface area contributed by atoms with Gasteiger partial charge in [0.05, 0.1) is 0 Å². The Kier molecular flexibility index (Phi) is 1.26. The highest BCUT2D eigenvalue weighted by Crippen LogP contribution is 2.45. The predicted molar refractivity (Wildman–Crippen MR) is 44.1 cm³/mol. The lowest BCUT2D eigenvalue weighted by Gasteiger charge is -2.41. The fourth-order valence-electron chi connectivity index (χ4n) is 2.32. The Morgan fingerprint density at radius 1 is 1.64 bits per heavy atom. The molecule has 0 aromatic carbocycles. The van der Waals surface area contributed by atoms with E-state index in [0.717, 1.165) is 6.42 Å². The van der Waals surface area contributed by atoms with E-state index in [2.05, 4.69) is 26.0 Å². The molecule has 2 bridgehead atoms. The highest BCUT2D eigenvalue weighted by atomic mass is 16.1. The second kappa shape index (κ2) is 1.96. The molecule has 11 heavy (non-hydrogen) atoms. The summed E-state index contributed by atoms with van der Waals surface area (Å²) in [4.78, 5) is 11.7. The summed E-state index contributed by atoms with van der Waals surface area (Å²) < 4.78 is 0. The SMILES string of the molecule is CC1C(=O)[C@@]2(C)C=CC1CC2. The summed E-state index contributed by atoms with van der Waals surface area (Å²) >= 11 is 0. The van der Waals surface area contributed by atoms with E-state index in [-0.39, 0.29) is 11.3 Å². The number of allylic oxidation sites excluding steroid dienone is 2. The van der Waals surface area contributed by atoms with E-state index >= 15 is 0 Å². The Morgan fingerprint density at radius 3 is 2.73 bits per heavy atom. The van der Waals surface area contributed by atoms with E-state index < -0.39 is 0 Å². The minimum atomic E-state index is -0.103. The summed E-state index contributed by atoms with van der Waals surface area (Å²) in [6, 6.07) is 0. The van der Waals surface area contributed by atoms with Gasteiger partial charge < -0.3 is 0 Å². The van der Waals surface area contributed by atoms with Gasteiger partial charge in [0.2, 0.25) is 0 Å². The zero-order chi connectivity index (χ0) is 8.06. The summed E-state index contributed by atoms with van der Waals surface area (Å²) in [5, 5.41) is 0. The average Bonchev–Trinajstić information content (AvgIpc) is 2.01. The maximum Gasteiger partial charge on any atom is 0.145 e. The van der Waals surface area contributed by atoms with Crippen molar-refractivity contribution in [3.05, 3.63) is 12.2 Å². The molecule has 0 aromatic rings. The van der Waals surface area contributed by atoms with Crippen molar-refractivity contribution in [3.8, 4) is 0 Å². The number of carbonyl (C=O) groups is 1. The number of hydrogen-bond acceptors (Lipinski definition) is 1. The van der Waals surface area contributed by atoms with Crippen LogP contribution in [0, 0.1) is 17.3 Å².